The first-order chi connectivity index (χ1) is 17.7. The summed E-state index contributed by atoms with van der Waals surface area (Å²) in [7, 11) is 1.27. The quantitative estimate of drug-likeness (QED) is 0.199. The van der Waals surface area contributed by atoms with Crippen LogP contribution in [0, 0.1) is 23.6 Å². The van der Waals surface area contributed by atoms with E-state index in [-0.39, 0.29) is 16.9 Å². The maximum absolute atomic E-state index is 14.2. The molecule has 196 valence electrons. The van der Waals surface area contributed by atoms with E-state index >= 15 is 0 Å². The van der Waals surface area contributed by atoms with Crippen molar-refractivity contribution in [1.29, 1.82) is 0 Å². The third kappa shape index (κ3) is 8.35. The molecule has 0 saturated carbocycles. The van der Waals surface area contributed by atoms with Gasteiger partial charge in [0.25, 0.3) is 0 Å². The van der Waals surface area contributed by atoms with E-state index in [9.17, 15) is 9.18 Å². The van der Waals surface area contributed by atoms with Crippen molar-refractivity contribution in [2.24, 2.45) is 5.92 Å². The highest BCUT2D eigenvalue weighted by Crippen LogP contribution is 2.25. The number of allylic oxidation sites excluding steroid dienone is 2. The van der Waals surface area contributed by atoms with E-state index in [1.807, 2.05) is 0 Å². The molecule has 0 radical (unpaired) electrons. The van der Waals surface area contributed by atoms with Crippen LogP contribution in [0.15, 0.2) is 66.3 Å². The Hall–Kier alpha value is -3.32. The Morgan fingerprint density at radius 1 is 1.11 bits per heavy atom. The van der Waals surface area contributed by atoms with Crippen molar-refractivity contribution in [3.8, 4) is 11.8 Å². The monoisotopic (exact) mass is 501 g/mol. The Morgan fingerprint density at radius 3 is 2.49 bits per heavy atom. The van der Waals surface area contributed by atoms with E-state index in [1.165, 1.54) is 37.2 Å². The number of unbranched alkanes of at least 4 members (excludes halogenated alkanes) is 3. The van der Waals surface area contributed by atoms with E-state index < -0.39 is 11.8 Å². The van der Waals surface area contributed by atoms with Crippen LogP contribution in [-0.4, -0.2) is 26.2 Å². The number of carbonyl (C=O) groups is 1. The van der Waals surface area contributed by atoms with E-state index in [4.69, 9.17) is 4.74 Å². The molecule has 3 rings (SSSR count). The summed E-state index contributed by atoms with van der Waals surface area (Å²) in [6.45, 7) is 10.4. The molecule has 1 unspecified atom stereocenters. The lowest BCUT2D eigenvalue weighted by Gasteiger charge is -2.27. The molecule has 0 saturated heterocycles. The Kier molecular flexibility index (Phi) is 10.1. The van der Waals surface area contributed by atoms with Gasteiger partial charge in [-0.1, -0.05) is 89.2 Å². The van der Waals surface area contributed by atoms with Crippen LogP contribution < -0.4 is 4.90 Å². The molecule has 0 aliphatic heterocycles. The zero-order valence-corrected chi connectivity index (χ0v) is 22.9. The van der Waals surface area contributed by atoms with E-state index in [0.29, 0.717) is 6.54 Å². The lowest BCUT2D eigenvalue weighted by atomic mass is 9.87. The molecule has 37 heavy (non-hydrogen) atoms. The second kappa shape index (κ2) is 13.3. The van der Waals surface area contributed by atoms with Gasteiger partial charge in [-0.3, -0.25) is 0 Å². The summed E-state index contributed by atoms with van der Waals surface area (Å²) in [4.78, 5) is 14.3. The number of hydrogen-bond donors (Lipinski definition) is 0. The zero-order chi connectivity index (χ0) is 26.8. The lowest BCUT2D eigenvalue weighted by Crippen LogP contribution is -2.27. The largest absolute Gasteiger partial charge is 0.465 e. The van der Waals surface area contributed by atoms with Crippen LogP contribution >= 0.6 is 0 Å². The Balaban J connectivity index is 1.69. The molecule has 1 atom stereocenters. The summed E-state index contributed by atoms with van der Waals surface area (Å²) in [5.41, 5.74) is 4.48. The predicted molar refractivity (Wildman–Crippen MR) is 151 cm³/mol. The lowest BCUT2D eigenvalue weighted by molar-refractivity contribution is 0.0595. The smallest absolute Gasteiger partial charge is 0.340 e. The van der Waals surface area contributed by atoms with Crippen molar-refractivity contribution < 1.29 is 13.9 Å². The summed E-state index contributed by atoms with van der Waals surface area (Å²) in [5, 5.41) is 0. The van der Waals surface area contributed by atoms with E-state index in [0.717, 1.165) is 37.1 Å². The third-order valence-corrected chi connectivity index (χ3v) is 6.70. The first kappa shape index (κ1) is 28.3. The van der Waals surface area contributed by atoms with Gasteiger partial charge in [0.1, 0.15) is 5.82 Å². The molecule has 0 fully saturated rings. The number of halogens is 1. The number of rotatable bonds is 9. The molecule has 0 amide bonds. The van der Waals surface area contributed by atoms with Crippen LogP contribution in [0.4, 0.5) is 10.1 Å². The van der Waals surface area contributed by atoms with Crippen LogP contribution in [0.2, 0.25) is 0 Å². The summed E-state index contributed by atoms with van der Waals surface area (Å²) < 4.78 is 19.0. The van der Waals surface area contributed by atoms with Gasteiger partial charge in [0, 0.05) is 30.3 Å². The van der Waals surface area contributed by atoms with Crippen molar-refractivity contribution in [2.45, 2.75) is 65.2 Å². The fourth-order valence-electron chi connectivity index (χ4n) is 4.34. The number of ether oxygens (including phenoxy) is 1. The first-order valence-electron chi connectivity index (χ1n) is 13.3. The van der Waals surface area contributed by atoms with E-state index in [2.05, 4.69) is 86.9 Å². The molecule has 2 aromatic carbocycles. The standard InChI is InChI=1S/C33H40FNO2/c1-6-7-8-9-22-35(29-20-21-31(34)30(23-29)32(36)37-5)24-27-14-12-25(13-15-27)10-11-26-16-18-28(19-17-26)33(2,3)4/h12,14-21,23,25H,6-9,13,22,24H2,1-5H3. The first-order valence-corrected chi connectivity index (χ1v) is 13.3. The van der Waals surface area contributed by atoms with Crippen molar-refractivity contribution in [3.05, 3.63) is 88.8 Å². The van der Waals surface area contributed by atoms with Gasteiger partial charge in [-0.25, -0.2) is 9.18 Å². The van der Waals surface area contributed by atoms with Gasteiger partial charge < -0.3 is 9.64 Å². The Labute approximate surface area is 222 Å². The molecular formula is C33H40FNO2. The predicted octanol–water partition coefficient (Wildman–Crippen LogP) is 7.85. The number of hydrogen-bond acceptors (Lipinski definition) is 3. The van der Waals surface area contributed by atoms with Crippen molar-refractivity contribution in [2.75, 3.05) is 25.1 Å². The number of nitrogens with zero attached hydrogens (tertiary/aromatic N) is 1. The minimum Gasteiger partial charge on any atom is -0.465 e. The molecule has 1 aliphatic carbocycles. The van der Waals surface area contributed by atoms with Crippen LogP contribution in [0.25, 0.3) is 0 Å². The highest BCUT2D eigenvalue weighted by molar-refractivity contribution is 5.90. The zero-order valence-electron chi connectivity index (χ0n) is 22.9. The van der Waals surface area contributed by atoms with Gasteiger partial charge in [0.15, 0.2) is 0 Å². The van der Waals surface area contributed by atoms with Gasteiger partial charge in [0.05, 0.1) is 12.7 Å². The summed E-state index contributed by atoms with van der Waals surface area (Å²) in [6, 6.07) is 13.2. The average Bonchev–Trinajstić information content (AvgIpc) is 2.89. The molecule has 0 spiro atoms. The number of benzene rings is 2. The maximum atomic E-state index is 14.2. The maximum Gasteiger partial charge on any atom is 0.340 e. The second-order valence-electron chi connectivity index (χ2n) is 10.7. The molecule has 3 nitrogen and oxygen atoms in total. The molecule has 4 heteroatoms. The van der Waals surface area contributed by atoms with Gasteiger partial charge in [-0.2, -0.15) is 0 Å². The van der Waals surface area contributed by atoms with Gasteiger partial charge in [-0.15, -0.1) is 0 Å². The van der Waals surface area contributed by atoms with Crippen LogP contribution in [0.3, 0.4) is 0 Å². The topological polar surface area (TPSA) is 29.5 Å². The number of carbonyl (C=O) groups excluding carboxylic acids is 1. The van der Waals surface area contributed by atoms with E-state index in [1.54, 1.807) is 12.1 Å². The third-order valence-electron chi connectivity index (χ3n) is 6.70. The highest BCUT2D eigenvalue weighted by atomic mass is 19.1. The summed E-state index contributed by atoms with van der Waals surface area (Å²) in [5.74, 6) is 5.68. The molecular weight excluding hydrogens is 461 g/mol. The van der Waals surface area contributed by atoms with Crippen molar-refractivity contribution in [1.82, 2.24) is 0 Å². The fraction of sp³-hybridized carbons (Fsp3) is 0.424. The minimum absolute atomic E-state index is 0.0300. The van der Waals surface area contributed by atoms with Crippen molar-refractivity contribution >= 4 is 11.7 Å². The molecule has 0 bridgehead atoms. The SMILES string of the molecule is CCCCCCN(CC1=CCC(C#Cc2ccc(C(C)(C)C)cc2)C=C1)c1ccc(F)c(C(=O)OC)c1. The van der Waals surface area contributed by atoms with Gasteiger partial charge in [-0.05, 0) is 59.7 Å². The molecule has 1 aliphatic rings. The van der Waals surface area contributed by atoms with Crippen LogP contribution in [0.1, 0.15) is 81.3 Å². The Bertz CT molecular complexity index is 1180. The van der Waals surface area contributed by atoms with Crippen LogP contribution in [-0.2, 0) is 10.2 Å². The van der Waals surface area contributed by atoms with Crippen molar-refractivity contribution in [3.63, 3.8) is 0 Å². The molecule has 2 aromatic rings. The average molecular weight is 502 g/mol. The molecule has 0 aromatic heterocycles. The van der Waals surface area contributed by atoms with Gasteiger partial charge >= 0.3 is 5.97 Å². The Morgan fingerprint density at radius 2 is 1.86 bits per heavy atom. The summed E-state index contributed by atoms with van der Waals surface area (Å²) in [6.07, 6.45) is 12.0. The molecule has 0 heterocycles. The minimum atomic E-state index is -0.656. The fourth-order valence-corrected chi connectivity index (χ4v) is 4.34. The second-order valence-corrected chi connectivity index (χ2v) is 10.7. The number of methoxy groups -OCH3 is 1. The summed E-state index contributed by atoms with van der Waals surface area (Å²) >= 11 is 0. The highest BCUT2D eigenvalue weighted by Gasteiger charge is 2.17. The number of esters is 1. The number of anilines is 1. The van der Waals surface area contributed by atoms with Gasteiger partial charge in [0.2, 0.25) is 0 Å². The normalized spacial score (nSPS) is 15.0. The molecule has 0 N–H and O–H groups in total. The van der Waals surface area contributed by atoms with Crippen LogP contribution in [0.5, 0.6) is 0 Å².